The molecule has 1 amide bonds. The second-order valence-corrected chi connectivity index (χ2v) is 6.30. The van der Waals surface area contributed by atoms with Crippen LogP contribution < -0.4 is 10.6 Å². The quantitative estimate of drug-likeness (QED) is 0.776. The van der Waals surface area contributed by atoms with Crippen molar-refractivity contribution in [3.05, 3.63) is 65.9 Å². The molecule has 1 aliphatic heterocycles. The molecule has 0 unspecified atom stereocenters. The minimum absolute atomic E-state index is 0.0266. The Morgan fingerprint density at radius 3 is 2.96 bits per heavy atom. The van der Waals surface area contributed by atoms with Crippen molar-refractivity contribution in [2.45, 2.75) is 19.3 Å². The lowest BCUT2D eigenvalue weighted by Crippen LogP contribution is -2.35. The Kier molecular flexibility index (Phi) is 4.45. The monoisotopic (exact) mass is 348 g/mol. The van der Waals surface area contributed by atoms with E-state index in [1.54, 1.807) is 29.3 Å². The highest BCUT2D eigenvalue weighted by Gasteiger charge is 2.24. The summed E-state index contributed by atoms with van der Waals surface area (Å²) in [7, 11) is 0. The lowest BCUT2D eigenvalue weighted by atomic mass is 9.97. The van der Waals surface area contributed by atoms with E-state index in [9.17, 15) is 4.79 Å². The molecule has 7 nitrogen and oxygen atoms in total. The summed E-state index contributed by atoms with van der Waals surface area (Å²) in [5.74, 6) is 0.546. The van der Waals surface area contributed by atoms with E-state index in [2.05, 4.69) is 27.2 Å². The highest BCUT2D eigenvalue weighted by atomic mass is 16.2. The van der Waals surface area contributed by atoms with Gasteiger partial charge >= 0.3 is 0 Å². The van der Waals surface area contributed by atoms with Gasteiger partial charge in [-0.05, 0) is 55.1 Å². The van der Waals surface area contributed by atoms with Crippen LogP contribution in [0.5, 0.6) is 0 Å². The Bertz CT molecular complexity index is 922. The number of hydrogen-bond donors (Lipinski definition) is 1. The summed E-state index contributed by atoms with van der Waals surface area (Å²) in [5, 5.41) is 4.07. The van der Waals surface area contributed by atoms with E-state index in [0.29, 0.717) is 24.5 Å². The highest BCUT2D eigenvalue weighted by Crippen LogP contribution is 2.29. The average molecular weight is 348 g/mol. The van der Waals surface area contributed by atoms with E-state index in [1.807, 2.05) is 11.0 Å². The molecule has 0 aliphatic carbocycles. The molecule has 0 atom stereocenters. The van der Waals surface area contributed by atoms with Crippen molar-refractivity contribution in [3.63, 3.8) is 0 Å². The largest absolute Gasteiger partial charge is 0.330 e. The lowest BCUT2D eigenvalue weighted by molar-refractivity contribution is 0.0985. The molecule has 0 saturated carbocycles. The van der Waals surface area contributed by atoms with Gasteiger partial charge in [0.2, 0.25) is 0 Å². The molecule has 132 valence electrons. The van der Waals surface area contributed by atoms with Gasteiger partial charge in [0, 0.05) is 24.0 Å². The highest BCUT2D eigenvalue weighted by molar-refractivity contribution is 6.07. The van der Waals surface area contributed by atoms with E-state index < -0.39 is 0 Å². The van der Waals surface area contributed by atoms with Crippen LogP contribution in [0.1, 0.15) is 27.9 Å². The first-order chi connectivity index (χ1) is 12.8. The molecule has 26 heavy (non-hydrogen) atoms. The summed E-state index contributed by atoms with van der Waals surface area (Å²) in [6.45, 7) is 1.34. The number of nitrogens with two attached hydrogens (primary N) is 1. The molecule has 3 aromatic rings. The number of carbonyl (C=O) groups is 1. The van der Waals surface area contributed by atoms with E-state index in [1.165, 1.54) is 17.5 Å². The second kappa shape index (κ2) is 7.05. The Labute approximate surface area is 151 Å². The third kappa shape index (κ3) is 3.09. The maximum atomic E-state index is 13.1. The Balaban J connectivity index is 1.65. The fourth-order valence-electron chi connectivity index (χ4n) is 3.34. The minimum atomic E-state index is -0.0266. The van der Waals surface area contributed by atoms with Gasteiger partial charge in [-0.2, -0.15) is 5.10 Å². The van der Waals surface area contributed by atoms with E-state index in [4.69, 9.17) is 5.73 Å². The van der Waals surface area contributed by atoms with Crippen LogP contribution in [-0.4, -0.2) is 38.7 Å². The summed E-state index contributed by atoms with van der Waals surface area (Å²) in [5.41, 5.74) is 9.66. The van der Waals surface area contributed by atoms with Crippen molar-refractivity contribution in [2.75, 3.05) is 18.0 Å². The number of hydrogen-bond acceptors (Lipinski definition) is 5. The normalized spacial score (nSPS) is 13.5. The number of carbonyl (C=O) groups excluding carboxylic acids is 1. The zero-order valence-corrected chi connectivity index (χ0v) is 14.4. The summed E-state index contributed by atoms with van der Waals surface area (Å²) in [6.07, 6.45) is 7.41. The summed E-state index contributed by atoms with van der Waals surface area (Å²) in [6, 6.07) is 9.75. The summed E-state index contributed by atoms with van der Waals surface area (Å²) >= 11 is 0. The predicted molar refractivity (Wildman–Crippen MR) is 98.4 cm³/mol. The van der Waals surface area contributed by atoms with Crippen molar-refractivity contribution in [1.29, 1.82) is 0 Å². The molecule has 7 heteroatoms. The van der Waals surface area contributed by atoms with E-state index in [0.717, 1.165) is 24.9 Å². The van der Waals surface area contributed by atoms with Gasteiger partial charge in [-0.25, -0.2) is 14.6 Å². The number of anilines is 1. The maximum absolute atomic E-state index is 13.1. The van der Waals surface area contributed by atoms with Crippen molar-refractivity contribution in [2.24, 2.45) is 5.73 Å². The fraction of sp³-hybridized carbons (Fsp3) is 0.263. The van der Waals surface area contributed by atoms with Crippen LogP contribution >= 0.6 is 0 Å². The third-order valence-corrected chi connectivity index (χ3v) is 4.59. The minimum Gasteiger partial charge on any atom is -0.330 e. The zero-order chi connectivity index (χ0) is 17.9. The standard InChI is InChI=1S/C19H20N6O/c20-7-5-14-3-4-17-15(10-14)2-1-9-24(17)19(26)16-6-8-22-18(11-16)25-13-21-12-23-25/h3-4,6,8,10-13H,1-2,5,7,9,20H2. The topological polar surface area (TPSA) is 89.9 Å². The van der Waals surface area contributed by atoms with Gasteiger partial charge in [0.25, 0.3) is 5.91 Å². The molecular formula is C19H20N6O. The van der Waals surface area contributed by atoms with E-state index >= 15 is 0 Å². The first kappa shape index (κ1) is 16.4. The molecule has 0 fully saturated rings. The Morgan fingerprint density at radius 1 is 1.23 bits per heavy atom. The molecule has 2 N–H and O–H groups in total. The van der Waals surface area contributed by atoms with Gasteiger partial charge in [-0.1, -0.05) is 12.1 Å². The summed E-state index contributed by atoms with van der Waals surface area (Å²) < 4.78 is 1.54. The fourth-order valence-corrected chi connectivity index (χ4v) is 3.34. The molecule has 0 radical (unpaired) electrons. The van der Waals surface area contributed by atoms with Crippen molar-refractivity contribution in [1.82, 2.24) is 19.7 Å². The number of aromatic nitrogens is 4. The molecule has 4 rings (SSSR count). The SMILES string of the molecule is NCCc1ccc2c(c1)CCCN2C(=O)c1ccnc(-n2cncn2)c1. The first-order valence-electron chi connectivity index (χ1n) is 8.71. The third-order valence-electron chi connectivity index (χ3n) is 4.59. The molecular weight excluding hydrogens is 328 g/mol. The Hall–Kier alpha value is -3.06. The molecule has 0 bridgehead atoms. The molecule has 0 saturated heterocycles. The van der Waals surface area contributed by atoms with Crippen LogP contribution in [0.2, 0.25) is 0 Å². The van der Waals surface area contributed by atoms with Crippen molar-refractivity contribution >= 4 is 11.6 Å². The molecule has 0 spiro atoms. The number of nitrogens with zero attached hydrogens (tertiary/aromatic N) is 5. The van der Waals surface area contributed by atoms with Crippen LogP contribution in [-0.2, 0) is 12.8 Å². The molecule has 1 aromatic carbocycles. The van der Waals surface area contributed by atoms with Gasteiger partial charge in [-0.3, -0.25) is 4.79 Å². The molecule has 1 aliphatic rings. The van der Waals surface area contributed by atoms with Crippen LogP contribution in [0.4, 0.5) is 5.69 Å². The van der Waals surface area contributed by atoms with Gasteiger partial charge in [0.15, 0.2) is 5.82 Å². The Morgan fingerprint density at radius 2 is 2.15 bits per heavy atom. The first-order valence-corrected chi connectivity index (χ1v) is 8.71. The van der Waals surface area contributed by atoms with Crippen LogP contribution in [0.3, 0.4) is 0 Å². The number of benzene rings is 1. The number of fused-ring (bicyclic) bond motifs is 1. The predicted octanol–water partition coefficient (Wildman–Crippen LogP) is 1.76. The smallest absolute Gasteiger partial charge is 0.258 e. The number of pyridine rings is 1. The number of rotatable bonds is 4. The number of amides is 1. The van der Waals surface area contributed by atoms with Crippen LogP contribution in [0, 0.1) is 0 Å². The second-order valence-electron chi connectivity index (χ2n) is 6.30. The van der Waals surface area contributed by atoms with Crippen molar-refractivity contribution < 1.29 is 4.79 Å². The number of aryl methyl sites for hydroxylation is 1. The van der Waals surface area contributed by atoms with Crippen LogP contribution in [0.15, 0.2) is 49.2 Å². The van der Waals surface area contributed by atoms with Crippen LogP contribution in [0.25, 0.3) is 5.82 Å². The van der Waals surface area contributed by atoms with E-state index in [-0.39, 0.29) is 5.91 Å². The summed E-state index contributed by atoms with van der Waals surface area (Å²) in [4.78, 5) is 23.2. The van der Waals surface area contributed by atoms with Gasteiger partial charge in [0.05, 0.1) is 0 Å². The lowest BCUT2D eigenvalue weighted by Gasteiger charge is -2.30. The van der Waals surface area contributed by atoms with Gasteiger partial charge < -0.3 is 10.6 Å². The van der Waals surface area contributed by atoms with Gasteiger partial charge in [0.1, 0.15) is 12.7 Å². The molecule has 2 aromatic heterocycles. The molecule has 3 heterocycles. The maximum Gasteiger partial charge on any atom is 0.258 e. The average Bonchev–Trinajstić information content (AvgIpc) is 3.22. The van der Waals surface area contributed by atoms with Crippen molar-refractivity contribution in [3.8, 4) is 5.82 Å². The van der Waals surface area contributed by atoms with Gasteiger partial charge in [-0.15, -0.1) is 0 Å². The zero-order valence-electron chi connectivity index (χ0n) is 14.4.